The van der Waals surface area contributed by atoms with Gasteiger partial charge < -0.3 is 5.32 Å². The zero-order chi connectivity index (χ0) is 16.2. The first-order valence-electron chi connectivity index (χ1n) is 6.92. The third kappa shape index (κ3) is 4.40. The van der Waals surface area contributed by atoms with Crippen LogP contribution in [-0.4, -0.2) is 14.3 Å². The average molecular weight is 338 g/mol. The molecule has 1 heterocycles. The van der Waals surface area contributed by atoms with Crippen LogP contribution in [0.2, 0.25) is 0 Å². The van der Waals surface area contributed by atoms with Gasteiger partial charge in [0.2, 0.25) is 10.0 Å². The van der Waals surface area contributed by atoms with Crippen LogP contribution in [0.15, 0.2) is 39.9 Å². The van der Waals surface area contributed by atoms with Gasteiger partial charge in [-0.25, -0.2) is 13.6 Å². The number of sulfonamides is 1. The lowest BCUT2D eigenvalue weighted by Crippen LogP contribution is -2.12. The van der Waals surface area contributed by atoms with Gasteiger partial charge in [0.25, 0.3) is 5.91 Å². The summed E-state index contributed by atoms with van der Waals surface area (Å²) in [7, 11) is -3.76. The Morgan fingerprint density at radius 3 is 2.50 bits per heavy atom. The molecule has 118 valence electrons. The number of carbonyl (C=O) groups excluding carboxylic acids is 1. The second kappa shape index (κ2) is 7.04. The molecule has 0 unspecified atom stereocenters. The van der Waals surface area contributed by atoms with Crippen LogP contribution < -0.4 is 10.5 Å². The molecule has 1 aromatic carbocycles. The minimum atomic E-state index is -3.76. The number of aryl methyl sites for hydroxylation is 1. The topological polar surface area (TPSA) is 89.3 Å². The molecule has 0 atom stereocenters. The Balaban J connectivity index is 2.04. The minimum Gasteiger partial charge on any atom is -0.322 e. The van der Waals surface area contributed by atoms with E-state index in [9.17, 15) is 13.2 Å². The standard InChI is InChI=1S/C15H18N2O3S2/c1-2-3-4-11-5-7-13(8-6-11)17-15(18)12-9-14(21-10-12)22(16,19)20/h5-10H,2-4H2,1H3,(H,17,18)(H2,16,19,20). The van der Waals surface area contributed by atoms with Crippen molar-refractivity contribution in [2.75, 3.05) is 5.32 Å². The van der Waals surface area contributed by atoms with Crippen molar-refractivity contribution < 1.29 is 13.2 Å². The zero-order valence-electron chi connectivity index (χ0n) is 12.2. The molecule has 0 aliphatic heterocycles. The number of thiophene rings is 1. The molecule has 1 aromatic heterocycles. The molecule has 0 saturated carbocycles. The lowest BCUT2D eigenvalue weighted by molar-refractivity contribution is 0.102. The van der Waals surface area contributed by atoms with Gasteiger partial charge in [0.15, 0.2) is 0 Å². The smallest absolute Gasteiger partial charge is 0.256 e. The van der Waals surface area contributed by atoms with E-state index in [0.29, 0.717) is 5.69 Å². The Morgan fingerprint density at radius 2 is 1.95 bits per heavy atom. The van der Waals surface area contributed by atoms with Crippen molar-refractivity contribution >= 4 is 33.0 Å². The van der Waals surface area contributed by atoms with E-state index in [2.05, 4.69) is 12.2 Å². The van der Waals surface area contributed by atoms with Crippen LogP contribution in [0, 0.1) is 0 Å². The average Bonchev–Trinajstić information content (AvgIpc) is 2.96. The number of anilines is 1. The quantitative estimate of drug-likeness (QED) is 0.848. The number of hydrogen-bond donors (Lipinski definition) is 2. The molecular weight excluding hydrogens is 320 g/mol. The third-order valence-electron chi connectivity index (χ3n) is 3.15. The van der Waals surface area contributed by atoms with Crippen molar-refractivity contribution in [1.82, 2.24) is 0 Å². The van der Waals surface area contributed by atoms with Gasteiger partial charge >= 0.3 is 0 Å². The summed E-state index contributed by atoms with van der Waals surface area (Å²) in [5, 5.41) is 9.25. The molecule has 0 radical (unpaired) electrons. The number of carbonyl (C=O) groups is 1. The molecule has 5 nitrogen and oxygen atoms in total. The van der Waals surface area contributed by atoms with Crippen LogP contribution in [-0.2, 0) is 16.4 Å². The summed E-state index contributed by atoms with van der Waals surface area (Å²) in [5.41, 5.74) is 2.18. The highest BCUT2D eigenvalue weighted by molar-refractivity contribution is 7.91. The summed E-state index contributed by atoms with van der Waals surface area (Å²) in [5.74, 6) is -0.354. The molecule has 0 bridgehead atoms. The highest BCUT2D eigenvalue weighted by atomic mass is 32.2. The largest absolute Gasteiger partial charge is 0.322 e. The number of nitrogens with two attached hydrogens (primary N) is 1. The monoisotopic (exact) mass is 338 g/mol. The summed E-state index contributed by atoms with van der Waals surface area (Å²) in [4.78, 5) is 12.1. The number of amides is 1. The van der Waals surface area contributed by atoms with Crippen LogP contribution >= 0.6 is 11.3 Å². The van der Waals surface area contributed by atoms with E-state index in [-0.39, 0.29) is 15.7 Å². The van der Waals surface area contributed by atoms with E-state index in [1.54, 1.807) is 0 Å². The van der Waals surface area contributed by atoms with Gasteiger partial charge in [-0.15, -0.1) is 11.3 Å². The highest BCUT2D eigenvalue weighted by Crippen LogP contribution is 2.20. The number of nitrogens with one attached hydrogen (secondary N) is 1. The molecular formula is C15H18N2O3S2. The second-order valence-electron chi connectivity index (χ2n) is 4.95. The molecule has 1 amide bonds. The Morgan fingerprint density at radius 1 is 1.27 bits per heavy atom. The molecule has 0 spiro atoms. The van der Waals surface area contributed by atoms with Crippen molar-refractivity contribution in [2.24, 2.45) is 5.14 Å². The van der Waals surface area contributed by atoms with Gasteiger partial charge in [-0.3, -0.25) is 4.79 Å². The SMILES string of the molecule is CCCCc1ccc(NC(=O)c2csc(S(N)(=O)=O)c2)cc1. The van der Waals surface area contributed by atoms with Gasteiger partial charge in [-0.05, 0) is 36.6 Å². The van der Waals surface area contributed by atoms with Crippen LogP contribution in [0.1, 0.15) is 35.7 Å². The molecule has 22 heavy (non-hydrogen) atoms. The van der Waals surface area contributed by atoms with Crippen molar-refractivity contribution in [3.63, 3.8) is 0 Å². The van der Waals surface area contributed by atoms with E-state index in [1.807, 2.05) is 24.3 Å². The highest BCUT2D eigenvalue weighted by Gasteiger charge is 2.15. The Labute approximate surface area is 134 Å². The molecule has 7 heteroatoms. The fourth-order valence-electron chi connectivity index (χ4n) is 1.92. The number of primary sulfonamides is 1. The van der Waals surface area contributed by atoms with Gasteiger partial charge in [0.1, 0.15) is 4.21 Å². The zero-order valence-corrected chi connectivity index (χ0v) is 13.8. The van der Waals surface area contributed by atoms with Crippen LogP contribution in [0.4, 0.5) is 5.69 Å². The molecule has 0 aliphatic carbocycles. The number of rotatable bonds is 6. The second-order valence-corrected chi connectivity index (χ2v) is 7.65. The van der Waals surface area contributed by atoms with E-state index in [1.165, 1.54) is 17.0 Å². The molecule has 3 N–H and O–H groups in total. The maximum absolute atomic E-state index is 12.1. The summed E-state index contributed by atoms with van der Waals surface area (Å²) in [6, 6.07) is 8.93. The van der Waals surface area contributed by atoms with E-state index >= 15 is 0 Å². The molecule has 2 rings (SSSR count). The predicted molar refractivity (Wildman–Crippen MR) is 88.7 cm³/mol. The fraction of sp³-hybridized carbons (Fsp3) is 0.267. The molecule has 0 saturated heterocycles. The number of unbranched alkanes of at least 4 members (excludes halogenated alkanes) is 1. The number of benzene rings is 1. The Hall–Kier alpha value is -1.70. The summed E-state index contributed by atoms with van der Waals surface area (Å²) >= 11 is 0.933. The van der Waals surface area contributed by atoms with Crippen molar-refractivity contribution in [2.45, 2.75) is 30.4 Å². The maximum Gasteiger partial charge on any atom is 0.256 e. The summed E-state index contributed by atoms with van der Waals surface area (Å²) in [6.07, 6.45) is 3.30. The Bertz CT molecular complexity index is 749. The normalized spacial score (nSPS) is 11.4. The predicted octanol–water partition coefficient (Wildman–Crippen LogP) is 2.99. The van der Waals surface area contributed by atoms with Crippen LogP contribution in [0.5, 0.6) is 0 Å². The van der Waals surface area contributed by atoms with Crippen LogP contribution in [0.3, 0.4) is 0 Å². The van der Waals surface area contributed by atoms with Gasteiger partial charge in [0, 0.05) is 11.1 Å². The first-order chi connectivity index (χ1) is 10.4. The van der Waals surface area contributed by atoms with Crippen LogP contribution in [0.25, 0.3) is 0 Å². The number of hydrogen-bond acceptors (Lipinski definition) is 4. The first kappa shape index (κ1) is 16.7. The van der Waals surface area contributed by atoms with E-state index in [4.69, 9.17) is 5.14 Å². The summed E-state index contributed by atoms with van der Waals surface area (Å²) < 4.78 is 22.4. The van der Waals surface area contributed by atoms with Gasteiger partial charge in [0.05, 0.1) is 5.56 Å². The van der Waals surface area contributed by atoms with Gasteiger partial charge in [-0.1, -0.05) is 25.5 Å². The lowest BCUT2D eigenvalue weighted by Gasteiger charge is -2.05. The molecule has 0 aliphatic rings. The van der Waals surface area contributed by atoms with Crippen molar-refractivity contribution in [3.8, 4) is 0 Å². The third-order valence-corrected chi connectivity index (χ3v) is 5.54. The first-order valence-corrected chi connectivity index (χ1v) is 9.34. The fourth-order valence-corrected chi connectivity index (χ4v) is 3.51. The molecule has 2 aromatic rings. The minimum absolute atomic E-state index is 0.0208. The Kier molecular flexibility index (Phi) is 5.33. The van der Waals surface area contributed by atoms with E-state index in [0.717, 1.165) is 30.6 Å². The van der Waals surface area contributed by atoms with Crippen molar-refractivity contribution in [1.29, 1.82) is 0 Å². The van der Waals surface area contributed by atoms with E-state index < -0.39 is 10.0 Å². The maximum atomic E-state index is 12.1. The molecule has 0 fully saturated rings. The van der Waals surface area contributed by atoms with Gasteiger partial charge in [-0.2, -0.15) is 0 Å². The lowest BCUT2D eigenvalue weighted by atomic mass is 10.1. The summed E-state index contributed by atoms with van der Waals surface area (Å²) in [6.45, 7) is 2.14. The van der Waals surface area contributed by atoms with Crippen molar-refractivity contribution in [3.05, 3.63) is 46.8 Å².